The van der Waals surface area contributed by atoms with Crippen molar-refractivity contribution in [2.24, 2.45) is 0 Å². The molecule has 2 aliphatic rings. The number of carbonyl (C=O) groups is 2. The molecule has 1 aliphatic heterocycles. The first-order chi connectivity index (χ1) is 10.0. The Morgan fingerprint density at radius 2 is 1.81 bits per heavy atom. The molecule has 3 amide bonds. The van der Waals surface area contributed by atoms with E-state index in [1.165, 1.54) is 24.3 Å². The fraction of sp³-hybridized carbons (Fsp3) is 0.0667. The van der Waals surface area contributed by atoms with Gasteiger partial charge in [-0.2, -0.15) is 0 Å². The first-order valence-corrected chi connectivity index (χ1v) is 6.27. The molecular formula is C15H8F2N2O2. The predicted molar refractivity (Wildman–Crippen MR) is 69.2 cm³/mol. The van der Waals surface area contributed by atoms with Crippen LogP contribution in [0.3, 0.4) is 0 Å². The number of nitrogens with one attached hydrogen (secondary N) is 2. The number of rotatable bonds is 0. The van der Waals surface area contributed by atoms with Gasteiger partial charge in [0.25, 0.3) is 5.91 Å². The predicted octanol–water partition coefficient (Wildman–Crippen LogP) is 2.03. The molecule has 0 bridgehead atoms. The minimum Gasteiger partial charge on any atom is -0.316 e. The quantitative estimate of drug-likeness (QED) is 0.728. The van der Waals surface area contributed by atoms with E-state index >= 15 is 0 Å². The summed E-state index contributed by atoms with van der Waals surface area (Å²) in [6.07, 6.45) is 0. The molecule has 1 saturated heterocycles. The highest BCUT2D eigenvalue weighted by Crippen LogP contribution is 2.49. The molecular weight excluding hydrogens is 278 g/mol. The lowest BCUT2D eigenvalue weighted by atomic mass is 9.87. The van der Waals surface area contributed by atoms with Crippen LogP contribution in [-0.4, -0.2) is 11.9 Å². The molecule has 1 atom stereocenters. The van der Waals surface area contributed by atoms with Gasteiger partial charge in [-0.15, -0.1) is 0 Å². The third kappa shape index (κ3) is 1.31. The Bertz CT molecular complexity index is 834. The van der Waals surface area contributed by atoms with Gasteiger partial charge in [-0.3, -0.25) is 10.1 Å². The first-order valence-electron chi connectivity index (χ1n) is 6.27. The molecule has 1 fully saturated rings. The van der Waals surface area contributed by atoms with Crippen LogP contribution in [0.2, 0.25) is 0 Å². The van der Waals surface area contributed by atoms with Gasteiger partial charge < -0.3 is 5.32 Å². The first kappa shape index (κ1) is 12.0. The van der Waals surface area contributed by atoms with Crippen molar-refractivity contribution in [3.05, 3.63) is 59.2 Å². The number of hydrogen-bond acceptors (Lipinski definition) is 2. The van der Waals surface area contributed by atoms with E-state index in [9.17, 15) is 18.4 Å². The summed E-state index contributed by atoms with van der Waals surface area (Å²) in [7, 11) is 0. The maximum atomic E-state index is 14.3. The number of fused-ring (bicyclic) bond motifs is 5. The summed E-state index contributed by atoms with van der Waals surface area (Å²) < 4.78 is 27.9. The van der Waals surface area contributed by atoms with Gasteiger partial charge >= 0.3 is 6.03 Å². The van der Waals surface area contributed by atoms with Crippen molar-refractivity contribution < 1.29 is 18.4 Å². The van der Waals surface area contributed by atoms with E-state index in [0.29, 0.717) is 11.1 Å². The zero-order chi connectivity index (χ0) is 14.8. The lowest BCUT2D eigenvalue weighted by Gasteiger charge is -2.23. The minimum atomic E-state index is -1.70. The zero-order valence-electron chi connectivity index (χ0n) is 10.5. The average molecular weight is 286 g/mol. The molecule has 21 heavy (non-hydrogen) atoms. The van der Waals surface area contributed by atoms with Gasteiger partial charge in [0, 0.05) is 11.1 Å². The van der Waals surface area contributed by atoms with Crippen molar-refractivity contribution in [1.82, 2.24) is 10.6 Å². The van der Waals surface area contributed by atoms with Gasteiger partial charge in [-0.05, 0) is 29.3 Å². The van der Waals surface area contributed by atoms with E-state index in [4.69, 9.17) is 0 Å². The highest BCUT2D eigenvalue weighted by Gasteiger charge is 2.56. The number of amides is 3. The summed E-state index contributed by atoms with van der Waals surface area (Å²) in [5.74, 6) is -1.89. The second-order valence-electron chi connectivity index (χ2n) is 5.01. The Labute approximate surface area is 117 Å². The molecule has 1 spiro atoms. The molecule has 1 unspecified atom stereocenters. The molecule has 0 saturated carbocycles. The molecule has 4 nitrogen and oxygen atoms in total. The van der Waals surface area contributed by atoms with Crippen molar-refractivity contribution in [3.8, 4) is 11.1 Å². The molecule has 6 heteroatoms. The summed E-state index contributed by atoms with van der Waals surface area (Å²) in [6, 6.07) is 7.50. The molecule has 1 aliphatic carbocycles. The Balaban J connectivity index is 2.15. The van der Waals surface area contributed by atoms with Crippen LogP contribution in [0, 0.1) is 11.6 Å². The van der Waals surface area contributed by atoms with Crippen molar-refractivity contribution >= 4 is 11.9 Å². The summed E-state index contributed by atoms with van der Waals surface area (Å²) in [5.41, 5.74) is -0.402. The maximum Gasteiger partial charge on any atom is 0.322 e. The smallest absolute Gasteiger partial charge is 0.316 e. The molecule has 0 aromatic heterocycles. The van der Waals surface area contributed by atoms with Crippen LogP contribution in [0.5, 0.6) is 0 Å². The monoisotopic (exact) mass is 286 g/mol. The van der Waals surface area contributed by atoms with Gasteiger partial charge in [0.1, 0.15) is 11.6 Å². The van der Waals surface area contributed by atoms with Crippen LogP contribution in [0.1, 0.15) is 11.1 Å². The number of halogens is 2. The number of carbonyl (C=O) groups excluding carboxylic acids is 2. The number of benzene rings is 2. The fourth-order valence-electron chi connectivity index (χ4n) is 3.15. The fourth-order valence-corrected chi connectivity index (χ4v) is 3.15. The van der Waals surface area contributed by atoms with Crippen LogP contribution in [-0.2, 0) is 10.3 Å². The van der Waals surface area contributed by atoms with E-state index in [0.717, 1.165) is 6.07 Å². The van der Waals surface area contributed by atoms with E-state index < -0.39 is 29.1 Å². The minimum absolute atomic E-state index is 0.0500. The molecule has 2 N–H and O–H groups in total. The van der Waals surface area contributed by atoms with Gasteiger partial charge in [-0.25, -0.2) is 13.6 Å². The summed E-state index contributed by atoms with van der Waals surface area (Å²) in [5, 5.41) is 4.55. The van der Waals surface area contributed by atoms with Crippen molar-refractivity contribution in [3.63, 3.8) is 0 Å². The Kier molecular flexibility index (Phi) is 2.10. The van der Waals surface area contributed by atoms with Gasteiger partial charge in [0.2, 0.25) is 0 Å². The van der Waals surface area contributed by atoms with Crippen molar-refractivity contribution in [2.75, 3.05) is 0 Å². The second-order valence-corrected chi connectivity index (χ2v) is 5.01. The SMILES string of the molecule is O=C1NC(=O)C2(N1)c1cc(F)ccc1-c1cccc(F)c12. The molecule has 2 aromatic rings. The number of imide groups is 1. The second kappa shape index (κ2) is 3.66. The van der Waals surface area contributed by atoms with Gasteiger partial charge in [-0.1, -0.05) is 18.2 Å². The third-order valence-electron chi connectivity index (χ3n) is 3.93. The lowest BCUT2D eigenvalue weighted by molar-refractivity contribution is -0.122. The van der Waals surface area contributed by atoms with Crippen LogP contribution in [0.25, 0.3) is 11.1 Å². The highest BCUT2D eigenvalue weighted by atomic mass is 19.1. The van der Waals surface area contributed by atoms with Crippen LogP contribution in [0.4, 0.5) is 13.6 Å². The van der Waals surface area contributed by atoms with Crippen molar-refractivity contribution in [1.29, 1.82) is 0 Å². The molecule has 1 heterocycles. The zero-order valence-corrected chi connectivity index (χ0v) is 10.5. The van der Waals surface area contributed by atoms with Crippen LogP contribution in [0.15, 0.2) is 36.4 Å². The summed E-state index contributed by atoms with van der Waals surface area (Å²) in [4.78, 5) is 23.9. The molecule has 0 radical (unpaired) electrons. The third-order valence-corrected chi connectivity index (χ3v) is 3.93. The van der Waals surface area contributed by atoms with Crippen LogP contribution < -0.4 is 10.6 Å². The van der Waals surface area contributed by atoms with Crippen LogP contribution >= 0.6 is 0 Å². The van der Waals surface area contributed by atoms with E-state index in [-0.39, 0.29) is 11.1 Å². The Morgan fingerprint density at radius 1 is 1.00 bits per heavy atom. The number of hydrogen-bond donors (Lipinski definition) is 2. The summed E-state index contributed by atoms with van der Waals surface area (Å²) >= 11 is 0. The van der Waals surface area contributed by atoms with Gasteiger partial charge in [0.15, 0.2) is 5.54 Å². The standard InChI is InChI=1S/C15H8F2N2O2/c16-7-4-5-8-9-2-1-3-11(17)12(9)15(10(8)6-7)13(20)18-14(21)19-15/h1-6H,(H2,18,19,20,21). The van der Waals surface area contributed by atoms with E-state index in [1.54, 1.807) is 6.07 Å². The lowest BCUT2D eigenvalue weighted by Crippen LogP contribution is -2.43. The molecule has 2 aromatic carbocycles. The van der Waals surface area contributed by atoms with Gasteiger partial charge in [0.05, 0.1) is 0 Å². The number of urea groups is 1. The molecule has 104 valence electrons. The Morgan fingerprint density at radius 3 is 2.52 bits per heavy atom. The molecule has 4 rings (SSSR count). The summed E-state index contributed by atoms with van der Waals surface area (Å²) in [6.45, 7) is 0. The maximum absolute atomic E-state index is 14.3. The van der Waals surface area contributed by atoms with E-state index in [2.05, 4.69) is 10.6 Å². The average Bonchev–Trinajstić information content (AvgIpc) is 2.88. The Hall–Kier alpha value is -2.76. The van der Waals surface area contributed by atoms with E-state index in [1.807, 2.05) is 0 Å². The highest BCUT2D eigenvalue weighted by molar-refractivity contribution is 6.13. The largest absolute Gasteiger partial charge is 0.322 e. The topological polar surface area (TPSA) is 58.2 Å². The normalized spacial score (nSPS) is 22.0. The van der Waals surface area contributed by atoms with Crippen molar-refractivity contribution in [2.45, 2.75) is 5.54 Å².